The molecule has 0 spiro atoms. The Morgan fingerprint density at radius 3 is 2.25 bits per heavy atom. The Morgan fingerprint density at radius 1 is 0.869 bits per heavy atom. The van der Waals surface area contributed by atoms with Crippen LogP contribution in [0.25, 0.3) is 43.8 Å². The highest BCUT2D eigenvalue weighted by Crippen LogP contribution is 2.46. The Kier molecular flexibility index (Phi) is 11.5. The maximum atomic E-state index is 15.3. The smallest absolute Gasteiger partial charge is 0.408 e. The van der Waals surface area contributed by atoms with Gasteiger partial charge in [0, 0.05) is 24.4 Å². The van der Waals surface area contributed by atoms with Crippen LogP contribution < -0.4 is 16.2 Å². The van der Waals surface area contributed by atoms with Crippen LogP contribution in [0.2, 0.25) is 0 Å². The van der Waals surface area contributed by atoms with Gasteiger partial charge in [0.1, 0.15) is 23.2 Å². The molecule has 4 aromatic carbocycles. The average molecular weight is 824 g/mol. The predicted molar refractivity (Wildman–Crippen MR) is 235 cm³/mol. The van der Waals surface area contributed by atoms with Gasteiger partial charge in [-0.1, -0.05) is 110 Å². The summed E-state index contributed by atoms with van der Waals surface area (Å²) in [6, 6.07) is 24.9. The van der Waals surface area contributed by atoms with E-state index >= 15 is 4.79 Å². The number of rotatable bonds is 6. The molecule has 1 aliphatic carbocycles. The van der Waals surface area contributed by atoms with Crippen LogP contribution in [0.15, 0.2) is 108 Å². The number of amides is 3. The van der Waals surface area contributed by atoms with Crippen LogP contribution in [0.1, 0.15) is 78.7 Å². The Balaban J connectivity index is 1.24. The van der Waals surface area contributed by atoms with Crippen LogP contribution in [0, 0.1) is 5.92 Å². The summed E-state index contributed by atoms with van der Waals surface area (Å²) in [5, 5.41) is 14.5. The highest BCUT2D eigenvalue weighted by molar-refractivity contribution is 6.04. The van der Waals surface area contributed by atoms with Gasteiger partial charge in [-0.05, 0) is 86.1 Å². The van der Waals surface area contributed by atoms with Crippen molar-refractivity contribution in [3.05, 3.63) is 114 Å². The van der Waals surface area contributed by atoms with Crippen molar-refractivity contribution in [3.8, 4) is 22.3 Å². The molecule has 1 saturated heterocycles. The molecule has 3 heterocycles. The first-order chi connectivity index (χ1) is 29.4. The van der Waals surface area contributed by atoms with E-state index < -0.39 is 53.1 Å². The lowest BCUT2D eigenvalue weighted by atomic mass is 9.91. The molecule has 0 unspecified atom stereocenters. The van der Waals surface area contributed by atoms with Crippen LogP contribution in [0.5, 0.6) is 0 Å². The second-order valence-electron chi connectivity index (χ2n) is 17.4. The van der Waals surface area contributed by atoms with E-state index in [2.05, 4.69) is 10.6 Å². The predicted octanol–water partition coefficient (Wildman–Crippen LogP) is 7.88. The molecule has 3 amide bonds. The van der Waals surface area contributed by atoms with E-state index in [1.165, 1.54) is 9.58 Å². The molecular formula is C49H53N5O7. The van der Waals surface area contributed by atoms with Gasteiger partial charge in [0.2, 0.25) is 11.8 Å². The fraction of sp³-hybridized carbons (Fsp3) is 0.388. The Hall–Kier alpha value is -6.30. The Morgan fingerprint density at radius 2 is 1.54 bits per heavy atom. The van der Waals surface area contributed by atoms with Gasteiger partial charge >= 0.3 is 12.1 Å². The summed E-state index contributed by atoms with van der Waals surface area (Å²) in [7, 11) is 0. The van der Waals surface area contributed by atoms with Crippen molar-refractivity contribution in [1.29, 1.82) is 0 Å². The SMILES string of the molecule is CCOC(=O)[C@@]12C[C@H]1C=CCCCCC[C@H](NC(=O)OC(C)(C)C)C(=O)N1C[C@H](n3ncc(-c4cccc5ccccc45)c(-c4cccc5ccccc45)c3=O)C[C@H]1C(=O)N2. The lowest BCUT2D eigenvalue weighted by Gasteiger charge is -2.30. The first kappa shape index (κ1) is 41.4. The number of allylic oxidation sites excluding steroid dienone is 1. The highest BCUT2D eigenvalue weighted by atomic mass is 16.6. The second-order valence-corrected chi connectivity index (χ2v) is 17.4. The van der Waals surface area contributed by atoms with Crippen molar-refractivity contribution in [3.63, 3.8) is 0 Å². The number of hydrogen-bond acceptors (Lipinski definition) is 8. The zero-order valence-corrected chi connectivity index (χ0v) is 35.2. The van der Waals surface area contributed by atoms with Gasteiger partial charge in [-0.3, -0.25) is 14.4 Å². The second kappa shape index (κ2) is 17.0. The number of ether oxygens (including phenoxy) is 2. The fourth-order valence-electron chi connectivity index (χ4n) is 9.05. The van der Waals surface area contributed by atoms with E-state index in [0.717, 1.165) is 51.9 Å². The molecule has 2 aliphatic heterocycles. The van der Waals surface area contributed by atoms with Gasteiger partial charge in [0.25, 0.3) is 5.56 Å². The number of fused-ring (bicyclic) bond motifs is 4. The molecule has 12 heteroatoms. The van der Waals surface area contributed by atoms with E-state index in [9.17, 15) is 19.2 Å². The minimum atomic E-state index is -1.28. The van der Waals surface area contributed by atoms with Crippen LogP contribution in [-0.2, 0) is 23.9 Å². The summed E-state index contributed by atoms with van der Waals surface area (Å²) in [4.78, 5) is 73.0. The molecule has 1 saturated carbocycles. The number of esters is 1. The summed E-state index contributed by atoms with van der Waals surface area (Å²) in [6.45, 7) is 7.06. The van der Waals surface area contributed by atoms with Crippen molar-refractivity contribution in [1.82, 2.24) is 25.3 Å². The number of nitrogens with zero attached hydrogens (tertiary/aromatic N) is 3. The van der Waals surface area contributed by atoms with Gasteiger partial charge in [0.15, 0.2) is 0 Å². The largest absolute Gasteiger partial charge is 0.464 e. The molecule has 12 nitrogen and oxygen atoms in total. The summed E-state index contributed by atoms with van der Waals surface area (Å²) in [5.41, 5.74) is 0.219. The molecule has 2 N–H and O–H groups in total. The van der Waals surface area contributed by atoms with Crippen LogP contribution in [0.3, 0.4) is 0 Å². The van der Waals surface area contributed by atoms with Crippen molar-refractivity contribution < 1.29 is 28.7 Å². The highest BCUT2D eigenvalue weighted by Gasteiger charge is 2.62. The summed E-state index contributed by atoms with van der Waals surface area (Å²) in [5.74, 6) is -1.81. The number of benzene rings is 4. The molecule has 0 bridgehead atoms. The molecule has 316 valence electrons. The van der Waals surface area contributed by atoms with Crippen molar-refractivity contribution >= 4 is 45.4 Å². The van der Waals surface area contributed by atoms with Gasteiger partial charge < -0.3 is 25.0 Å². The Bertz CT molecular complexity index is 2580. The molecule has 8 rings (SSSR count). The minimum Gasteiger partial charge on any atom is -0.464 e. The summed E-state index contributed by atoms with van der Waals surface area (Å²) in [6.07, 6.45) is 8.72. The molecule has 5 atom stereocenters. The summed E-state index contributed by atoms with van der Waals surface area (Å²) < 4.78 is 12.5. The fourth-order valence-corrected chi connectivity index (χ4v) is 9.05. The molecule has 1 aromatic heterocycles. The number of carbonyl (C=O) groups excluding carboxylic acids is 4. The molecule has 2 fully saturated rings. The molecule has 61 heavy (non-hydrogen) atoms. The molecule has 0 radical (unpaired) electrons. The van der Waals surface area contributed by atoms with E-state index in [1.807, 2.05) is 97.1 Å². The van der Waals surface area contributed by atoms with Gasteiger partial charge in [-0.15, -0.1) is 0 Å². The van der Waals surface area contributed by atoms with Gasteiger partial charge in [-0.25, -0.2) is 14.3 Å². The number of aromatic nitrogens is 2. The number of carbonyl (C=O) groups is 4. The lowest BCUT2D eigenvalue weighted by molar-refractivity contribution is -0.150. The number of hydrogen-bond donors (Lipinski definition) is 2. The molecular weight excluding hydrogens is 771 g/mol. The number of nitrogens with one attached hydrogen (secondary N) is 2. The maximum absolute atomic E-state index is 15.3. The quantitative estimate of drug-likeness (QED) is 0.130. The zero-order chi connectivity index (χ0) is 42.9. The van der Waals surface area contributed by atoms with Crippen molar-refractivity contribution in [2.45, 2.75) is 102 Å². The van der Waals surface area contributed by atoms with Crippen LogP contribution in [0.4, 0.5) is 4.79 Å². The summed E-state index contributed by atoms with van der Waals surface area (Å²) >= 11 is 0. The molecule has 5 aromatic rings. The molecule has 3 aliphatic rings. The van der Waals surface area contributed by atoms with E-state index in [0.29, 0.717) is 30.4 Å². The van der Waals surface area contributed by atoms with Gasteiger partial charge in [-0.2, -0.15) is 5.10 Å². The minimum absolute atomic E-state index is 0.0334. The zero-order valence-electron chi connectivity index (χ0n) is 35.2. The normalized spacial score (nSPS) is 23.3. The Labute approximate surface area is 355 Å². The van der Waals surface area contributed by atoms with E-state index in [4.69, 9.17) is 14.6 Å². The lowest BCUT2D eigenvalue weighted by Crippen LogP contribution is -2.56. The standard InChI is InChI=1S/C49H53N5O7/c1-5-60-46(58)49-28-33(49)21-9-7-6-8-10-26-40(51-47(59)61-48(2,3)4)44(56)53-30-34(27-41(53)43(55)52-49)54-45(57)42(38-25-16-20-32-18-12-14-23-36(32)38)39(29-50-54)37-24-15-19-31-17-11-13-22-35(31)37/h9,11-25,29,33-34,40-41H,5-8,10,26-28,30H2,1-4H3,(H,51,59)(H,52,55)/t33-,34-,40+,41+,49-/m1/s1. The first-order valence-electron chi connectivity index (χ1n) is 21.4. The average Bonchev–Trinajstić information content (AvgIpc) is 3.75. The monoisotopic (exact) mass is 823 g/mol. The van der Waals surface area contributed by atoms with Gasteiger partial charge in [0.05, 0.1) is 24.4 Å². The third-order valence-corrected chi connectivity index (χ3v) is 12.1. The topological polar surface area (TPSA) is 149 Å². The third kappa shape index (κ3) is 8.40. The third-order valence-electron chi connectivity index (χ3n) is 12.1. The maximum Gasteiger partial charge on any atom is 0.408 e. The van der Waals surface area contributed by atoms with Crippen LogP contribution in [-0.4, -0.2) is 74.9 Å². The van der Waals surface area contributed by atoms with Crippen molar-refractivity contribution in [2.75, 3.05) is 13.2 Å². The van der Waals surface area contributed by atoms with Crippen molar-refractivity contribution in [2.24, 2.45) is 5.92 Å². The number of alkyl carbamates (subject to hydrolysis) is 1. The van der Waals surface area contributed by atoms with E-state index in [-0.39, 0.29) is 31.0 Å². The first-order valence-corrected chi connectivity index (χ1v) is 21.4. The van der Waals surface area contributed by atoms with E-state index in [1.54, 1.807) is 33.9 Å². The van der Waals surface area contributed by atoms with Crippen LogP contribution >= 0.6 is 0 Å².